The van der Waals surface area contributed by atoms with Crippen molar-refractivity contribution in [2.24, 2.45) is 0 Å². The Balaban J connectivity index is 2.10. The molecule has 2 aliphatic heterocycles. The van der Waals surface area contributed by atoms with Crippen molar-refractivity contribution in [1.82, 2.24) is 0 Å². The third kappa shape index (κ3) is 9.44. The molecule has 0 aliphatic carbocycles. The molecule has 0 saturated carbocycles. The van der Waals surface area contributed by atoms with Crippen molar-refractivity contribution < 1.29 is 82.3 Å². The number of aromatic hydroxyl groups is 1. The normalized spacial score (nSPS) is 30.8. The highest BCUT2D eigenvalue weighted by atomic mass is 16.8. The van der Waals surface area contributed by atoms with E-state index in [1.54, 1.807) is 0 Å². The van der Waals surface area contributed by atoms with Crippen molar-refractivity contribution in [3.63, 3.8) is 0 Å². The largest absolute Gasteiger partial charge is 0.508 e. The van der Waals surface area contributed by atoms with Gasteiger partial charge in [0, 0.05) is 33.8 Å². The molecule has 2 fully saturated rings. The van der Waals surface area contributed by atoms with Gasteiger partial charge in [-0.1, -0.05) is 12.1 Å². The molecule has 17 nitrogen and oxygen atoms in total. The summed E-state index contributed by atoms with van der Waals surface area (Å²) in [5.74, 6) is -7.03. The number of carbonyl (C=O) groups excluding carboxylic acids is 5. The Morgan fingerprint density at radius 3 is 2.00 bits per heavy atom. The summed E-state index contributed by atoms with van der Waals surface area (Å²) < 4.78 is 44.1. The van der Waals surface area contributed by atoms with E-state index in [9.17, 15) is 44.4 Å². The number of phenols is 1. The predicted molar refractivity (Wildman–Crippen MR) is 148 cm³/mol. The number of aliphatic hydroxyl groups is 3. The van der Waals surface area contributed by atoms with Crippen LogP contribution in [0.1, 0.15) is 33.3 Å². The Morgan fingerprint density at radius 1 is 0.826 bits per heavy atom. The van der Waals surface area contributed by atoms with Crippen LogP contribution < -0.4 is 0 Å². The van der Waals surface area contributed by atoms with Crippen LogP contribution in [0.4, 0.5) is 0 Å². The summed E-state index contributed by atoms with van der Waals surface area (Å²) in [4.78, 5) is 60.9. The van der Waals surface area contributed by atoms with Crippen LogP contribution in [0, 0.1) is 0 Å². The van der Waals surface area contributed by atoms with Crippen LogP contribution in [0.15, 0.2) is 30.3 Å². The second-order valence-electron chi connectivity index (χ2n) is 10.3. The summed E-state index contributed by atoms with van der Waals surface area (Å²) in [6, 6.07) is 5.74. The lowest BCUT2D eigenvalue weighted by Gasteiger charge is -2.44. The van der Waals surface area contributed by atoms with E-state index in [0.717, 1.165) is 33.8 Å². The summed E-state index contributed by atoms with van der Waals surface area (Å²) in [6.07, 6.45) is -11.3. The number of aliphatic hydroxyl groups excluding tert-OH is 3. The minimum Gasteiger partial charge on any atom is -0.508 e. The lowest BCUT2D eigenvalue weighted by Crippen LogP contribution is -2.64. The number of esters is 5. The Kier molecular flexibility index (Phi) is 12.6. The van der Waals surface area contributed by atoms with Gasteiger partial charge in [0.15, 0.2) is 18.3 Å². The topological polar surface area (TPSA) is 240 Å². The van der Waals surface area contributed by atoms with Crippen molar-refractivity contribution in [3.05, 3.63) is 35.9 Å². The molecule has 2 saturated heterocycles. The minimum atomic E-state index is -2.48. The standard InChI is InChI=1S/C29H36O17/c1-14(31)39-12-21-25(41-16(3)33)27(44-22(36)10-7-18-5-8-19(35)9-6-18)29(45-21,13-40-15(2)32)46-28-26(42-17(4)34)24(38)23(37)20(11-30)43-28/h5-10,20-21,23-28,30,35,37-38H,11-13H2,1-4H3/b10-7+/t20-,21-,23-,24+,25-,26-,27+,28-,29+/m1/s1. The van der Waals surface area contributed by atoms with Gasteiger partial charge in [0.2, 0.25) is 12.1 Å². The van der Waals surface area contributed by atoms with Crippen LogP contribution in [0.3, 0.4) is 0 Å². The van der Waals surface area contributed by atoms with Gasteiger partial charge in [-0.15, -0.1) is 0 Å². The average molecular weight is 657 g/mol. The van der Waals surface area contributed by atoms with E-state index >= 15 is 0 Å². The zero-order valence-electron chi connectivity index (χ0n) is 25.3. The van der Waals surface area contributed by atoms with Gasteiger partial charge < -0.3 is 58.3 Å². The number of hydrogen-bond acceptors (Lipinski definition) is 17. The fourth-order valence-corrected chi connectivity index (χ4v) is 4.68. The Labute approximate surface area is 262 Å². The van der Waals surface area contributed by atoms with Crippen molar-refractivity contribution in [2.45, 2.75) is 82.5 Å². The molecule has 3 rings (SSSR count). The molecule has 0 bridgehead atoms. The third-order valence-electron chi connectivity index (χ3n) is 6.67. The van der Waals surface area contributed by atoms with E-state index in [-0.39, 0.29) is 5.75 Å². The van der Waals surface area contributed by atoms with Gasteiger partial charge in [0.25, 0.3) is 0 Å². The highest BCUT2D eigenvalue weighted by Gasteiger charge is 2.64. The van der Waals surface area contributed by atoms with Crippen LogP contribution in [0.5, 0.6) is 5.75 Å². The van der Waals surface area contributed by atoms with Crippen LogP contribution in [-0.4, -0.2) is 125 Å². The predicted octanol–water partition coefficient (Wildman–Crippen LogP) is -1.14. The van der Waals surface area contributed by atoms with E-state index in [2.05, 4.69) is 0 Å². The third-order valence-corrected chi connectivity index (χ3v) is 6.67. The van der Waals surface area contributed by atoms with Gasteiger partial charge in [-0.05, 0) is 23.8 Å². The molecule has 0 amide bonds. The van der Waals surface area contributed by atoms with Crippen LogP contribution in [0.2, 0.25) is 0 Å². The molecular weight excluding hydrogens is 620 g/mol. The maximum atomic E-state index is 13.2. The molecular formula is C29H36O17. The van der Waals surface area contributed by atoms with Gasteiger partial charge in [0.05, 0.1) is 6.61 Å². The maximum absolute atomic E-state index is 13.2. The molecule has 2 aliphatic rings. The fraction of sp³-hybridized carbons (Fsp3) is 0.552. The first-order chi connectivity index (χ1) is 21.6. The van der Waals surface area contributed by atoms with Crippen molar-refractivity contribution in [1.29, 1.82) is 0 Å². The van der Waals surface area contributed by atoms with E-state index in [0.29, 0.717) is 5.56 Å². The number of carbonyl (C=O) groups is 5. The van der Waals surface area contributed by atoms with Gasteiger partial charge in [-0.2, -0.15) is 0 Å². The number of rotatable bonds is 12. The first kappa shape index (κ1) is 36.3. The molecule has 0 spiro atoms. The molecule has 0 radical (unpaired) electrons. The number of ether oxygens (including phenoxy) is 8. The van der Waals surface area contributed by atoms with Gasteiger partial charge in [-0.25, -0.2) is 4.79 Å². The molecule has 17 heteroatoms. The quantitative estimate of drug-likeness (QED) is 0.118. The van der Waals surface area contributed by atoms with Crippen LogP contribution >= 0.6 is 0 Å². The monoisotopic (exact) mass is 656 g/mol. The molecule has 9 atom stereocenters. The zero-order valence-corrected chi connectivity index (χ0v) is 25.3. The second-order valence-corrected chi connectivity index (χ2v) is 10.3. The number of hydrogen-bond donors (Lipinski definition) is 4. The Hall–Kier alpha value is -4.13. The van der Waals surface area contributed by atoms with Crippen molar-refractivity contribution >= 4 is 35.9 Å². The van der Waals surface area contributed by atoms with Crippen LogP contribution in [0.25, 0.3) is 6.08 Å². The first-order valence-corrected chi connectivity index (χ1v) is 13.9. The van der Waals surface area contributed by atoms with E-state index in [1.807, 2.05) is 0 Å². The summed E-state index contributed by atoms with van der Waals surface area (Å²) in [6.45, 7) is 1.82. The highest BCUT2D eigenvalue weighted by Crippen LogP contribution is 2.40. The maximum Gasteiger partial charge on any atom is 0.331 e. The van der Waals surface area contributed by atoms with Gasteiger partial charge in [-0.3, -0.25) is 19.2 Å². The van der Waals surface area contributed by atoms with E-state index in [4.69, 9.17) is 37.9 Å². The lowest BCUT2D eigenvalue weighted by atomic mass is 9.98. The summed E-state index contributed by atoms with van der Waals surface area (Å²) in [5.41, 5.74) is 0.478. The Bertz CT molecular complexity index is 1280. The average Bonchev–Trinajstić information content (AvgIpc) is 3.25. The number of phenolic OH excluding ortho intramolecular Hbond substituents is 1. The lowest BCUT2D eigenvalue weighted by molar-refractivity contribution is -0.384. The zero-order chi connectivity index (χ0) is 34.2. The molecule has 4 N–H and O–H groups in total. The summed E-state index contributed by atoms with van der Waals surface area (Å²) in [7, 11) is 0. The minimum absolute atomic E-state index is 0.0173. The first-order valence-electron chi connectivity index (χ1n) is 13.9. The van der Waals surface area contributed by atoms with Gasteiger partial charge >= 0.3 is 29.8 Å². The smallest absolute Gasteiger partial charge is 0.331 e. The Morgan fingerprint density at radius 2 is 1.43 bits per heavy atom. The fourth-order valence-electron chi connectivity index (χ4n) is 4.68. The van der Waals surface area contributed by atoms with Crippen LogP contribution in [-0.2, 0) is 61.9 Å². The van der Waals surface area contributed by atoms with E-state index < -0.39 is 104 Å². The molecule has 254 valence electrons. The summed E-state index contributed by atoms with van der Waals surface area (Å²) in [5, 5.41) is 40.4. The molecule has 0 aromatic heterocycles. The van der Waals surface area contributed by atoms with Crippen molar-refractivity contribution in [3.8, 4) is 5.75 Å². The molecule has 1 aromatic carbocycles. The highest BCUT2D eigenvalue weighted by molar-refractivity contribution is 5.87. The van der Waals surface area contributed by atoms with Crippen molar-refractivity contribution in [2.75, 3.05) is 19.8 Å². The van der Waals surface area contributed by atoms with E-state index in [1.165, 1.54) is 30.3 Å². The molecule has 2 heterocycles. The van der Waals surface area contributed by atoms with Gasteiger partial charge in [0.1, 0.15) is 43.4 Å². The molecule has 0 unspecified atom stereocenters. The molecule has 46 heavy (non-hydrogen) atoms. The number of benzene rings is 1. The second kappa shape index (κ2) is 15.9. The SMILES string of the molecule is CC(=O)OC[C@H]1O[C@@](COC(C)=O)(O[C@H]2O[C@H](CO)[C@@H](O)[C@H](O)[C@H]2OC(C)=O)[C@@H](OC(=O)/C=C/c2ccc(O)cc2)[C@@H]1OC(C)=O. The molecule has 1 aromatic rings. The summed E-state index contributed by atoms with van der Waals surface area (Å²) >= 11 is 0.